The van der Waals surface area contributed by atoms with Gasteiger partial charge in [0.1, 0.15) is 5.82 Å². The van der Waals surface area contributed by atoms with E-state index in [1.165, 1.54) is 25.0 Å². The van der Waals surface area contributed by atoms with Crippen molar-refractivity contribution in [3.8, 4) is 0 Å². The second-order valence-electron chi connectivity index (χ2n) is 4.97. The summed E-state index contributed by atoms with van der Waals surface area (Å²) in [5, 5.41) is 3.25. The molecule has 1 aliphatic heterocycles. The Morgan fingerprint density at radius 2 is 2.37 bits per heavy atom. The van der Waals surface area contributed by atoms with E-state index >= 15 is 0 Å². The van der Waals surface area contributed by atoms with E-state index in [1.54, 1.807) is 6.07 Å². The second kappa shape index (κ2) is 7.46. The van der Waals surface area contributed by atoms with Crippen molar-refractivity contribution >= 4 is 5.69 Å². The summed E-state index contributed by atoms with van der Waals surface area (Å²) >= 11 is 0. The third kappa shape index (κ3) is 4.80. The maximum atomic E-state index is 13.0. The summed E-state index contributed by atoms with van der Waals surface area (Å²) in [6.07, 6.45) is 2.76. The zero-order chi connectivity index (χ0) is 13.5. The molecular formula is C15H23FN2O. The van der Waals surface area contributed by atoms with Crippen molar-refractivity contribution in [2.45, 2.75) is 25.9 Å². The predicted octanol–water partition coefficient (Wildman–Crippen LogP) is 2.74. The minimum absolute atomic E-state index is 0.197. The highest BCUT2D eigenvalue weighted by Crippen LogP contribution is 2.13. The van der Waals surface area contributed by atoms with Crippen LogP contribution in [0.25, 0.3) is 0 Å². The number of rotatable bonds is 7. The van der Waals surface area contributed by atoms with Gasteiger partial charge >= 0.3 is 0 Å². The highest BCUT2D eigenvalue weighted by molar-refractivity contribution is 5.42. The third-order valence-corrected chi connectivity index (χ3v) is 3.51. The molecule has 0 amide bonds. The van der Waals surface area contributed by atoms with Gasteiger partial charge in [0.2, 0.25) is 0 Å². The molecule has 0 saturated carbocycles. The van der Waals surface area contributed by atoms with E-state index in [4.69, 9.17) is 4.74 Å². The first-order chi connectivity index (χ1) is 9.28. The first-order valence-corrected chi connectivity index (χ1v) is 7.11. The number of nitrogens with zero attached hydrogens (tertiary/aromatic N) is 1. The lowest BCUT2D eigenvalue weighted by Gasteiger charge is -2.23. The molecule has 19 heavy (non-hydrogen) atoms. The van der Waals surface area contributed by atoms with Gasteiger partial charge < -0.3 is 10.1 Å². The number of likely N-dealkylation sites (N-methyl/N-ethyl adjacent to an activating group) is 1. The van der Waals surface area contributed by atoms with Crippen molar-refractivity contribution in [2.75, 3.05) is 38.1 Å². The Kier molecular flexibility index (Phi) is 5.61. The molecule has 3 nitrogen and oxygen atoms in total. The van der Waals surface area contributed by atoms with Crippen molar-refractivity contribution in [1.82, 2.24) is 4.90 Å². The fraction of sp³-hybridized carbons (Fsp3) is 0.600. The van der Waals surface area contributed by atoms with Crippen molar-refractivity contribution in [2.24, 2.45) is 0 Å². The first-order valence-electron chi connectivity index (χ1n) is 7.11. The fourth-order valence-corrected chi connectivity index (χ4v) is 2.41. The number of anilines is 1. The Labute approximate surface area is 114 Å². The molecule has 0 spiro atoms. The van der Waals surface area contributed by atoms with Gasteiger partial charge in [0, 0.05) is 31.9 Å². The minimum Gasteiger partial charge on any atom is -0.384 e. The van der Waals surface area contributed by atoms with Crippen LogP contribution in [0.2, 0.25) is 0 Å². The summed E-state index contributed by atoms with van der Waals surface area (Å²) in [7, 11) is 0. The number of hydrogen-bond donors (Lipinski definition) is 1. The van der Waals surface area contributed by atoms with Crippen LogP contribution in [0.15, 0.2) is 24.3 Å². The summed E-state index contributed by atoms with van der Waals surface area (Å²) in [5.74, 6) is -0.197. The zero-order valence-corrected chi connectivity index (χ0v) is 11.6. The lowest BCUT2D eigenvalue weighted by molar-refractivity contribution is 0.0761. The molecule has 1 aromatic carbocycles. The summed E-state index contributed by atoms with van der Waals surface area (Å²) in [5.41, 5.74) is 0.841. The van der Waals surface area contributed by atoms with E-state index in [0.717, 1.165) is 38.5 Å². The lowest BCUT2D eigenvalue weighted by Crippen LogP contribution is -2.35. The topological polar surface area (TPSA) is 24.5 Å². The van der Waals surface area contributed by atoms with Crippen LogP contribution in [0.1, 0.15) is 19.8 Å². The number of ether oxygens (including phenoxy) is 1. The van der Waals surface area contributed by atoms with Gasteiger partial charge in [-0.3, -0.25) is 4.90 Å². The highest BCUT2D eigenvalue weighted by atomic mass is 19.1. The molecule has 0 radical (unpaired) electrons. The highest BCUT2D eigenvalue weighted by Gasteiger charge is 2.17. The largest absolute Gasteiger partial charge is 0.384 e. The molecule has 0 aromatic heterocycles. The Balaban J connectivity index is 1.70. The van der Waals surface area contributed by atoms with Crippen molar-refractivity contribution < 1.29 is 9.13 Å². The molecule has 1 atom stereocenters. The Morgan fingerprint density at radius 1 is 1.47 bits per heavy atom. The van der Waals surface area contributed by atoms with Crippen LogP contribution in [0.3, 0.4) is 0 Å². The lowest BCUT2D eigenvalue weighted by atomic mass is 10.2. The third-order valence-electron chi connectivity index (χ3n) is 3.51. The van der Waals surface area contributed by atoms with E-state index in [-0.39, 0.29) is 5.82 Å². The predicted molar refractivity (Wildman–Crippen MR) is 76.0 cm³/mol. The molecular weight excluding hydrogens is 243 g/mol. The second-order valence-corrected chi connectivity index (χ2v) is 4.97. The molecule has 1 N–H and O–H groups in total. The number of benzene rings is 1. The molecule has 2 rings (SSSR count). The van der Waals surface area contributed by atoms with E-state index in [1.807, 2.05) is 6.07 Å². The van der Waals surface area contributed by atoms with Gasteiger partial charge in [-0.1, -0.05) is 13.0 Å². The average molecular weight is 266 g/mol. The van der Waals surface area contributed by atoms with Crippen LogP contribution in [0.5, 0.6) is 0 Å². The zero-order valence-electron chi connectivity index (χ0n) is 11.6. The maximum absolute atomic E-state index is 13.0. The fourth-order valence-electron chi connectivity index (χ4n) is 2.41. The summed E-state index contributed by atoms with van der Waals surface area (Å²) in [4.78, 5) is 2.38. The van der Waals surface area contributed by atoms with Gasteiger partial charge in [-0.15, -0.1) is 0 Å². The average Bonchev–Trinajstić information content (AvgIpc) is 2.90. The Bertz CT molecular complexity index is 380. The molecule has 1 unspecified atom stereocenters. The standard InChI is InChI=1S/C15H23FN2O/c1-2-18(12-15-7-4-10-19-15)9-8-17-14-6-3-5-13(16)11-14/h3,5-6,11,15,17H,2,4,7-10,12H2,1H3. The molecule has 1 heterocycles. The number of hydrogen-bond acceptors (Lipinski definition) is 3. The SMILES string of the molecule is CCN(CCNc1cccc(F)c1)CC1CCCO1. The van der Waals surface area contributed by atoms with Crippen LogP contribution in [-0.4, -0.2) is 43.8 Å². The quantitative estimate of drug-likeness (QED) is 0.821. The summed E-state index contributed by atoms with van der Waals surface area (Å²) < 4.78 is 18.7. The van der Waals surface area contributed by atoms with E-state index in [2.05, 4.69) is 17.1 Å². The maximum Gasteiger partial charge on any atom is 0.125 e. The molecule has 1 saturated heterocycles. The molecule has 1 aliphatic rings. The first kappa shape index (κ1) is 14.3. The number of nitrogens with one attached hydrogen (secondary N) is 1. The van der Waals surface area contributed by atoms with Crippen molar-refractivity contribution in [3.05, 3.63) is 30.1 Å². The molecule has 1 fully saturated rings. The van der Waals surface area contributed by atoms with Gasteiger partial charge in [-0.25, -0.2) is 4.39 Å². The normalized spacial score (nSPS) is 19.0. The minimum atomic E-state index is -0.197. The van der Waals surface area contributed by atoms with E-state index in [0.29, 0.717) is 6.10 Å². The molecule has 0 bridgehead atoms. The van der Waals surface area contributed by atoms with Crippen LogP contribution >= 0.6 is 0 Å². The van der Waals surface area contributed by atoms with Crippen LogP contribution in [0.4, 0.5) is 10.1 Å². The molecule has 106 valence electrons. The van der Waals surface area contributed by atoms with Crippen LogP contribution in [-0.2, 0) is 4.74 Å². The Hall–Kier alpha value is -1.13. The van der Waals surface area contributed by atoms with E-state index in [9.17, 15) is 4.39 Å². The van der Waals surface area contributed by atoms with Gasteiger partial charge in [0.15, 0.2) is 0 Å². The molecule has 0 aliphatic carbocycles. The van der Waals surface area contributed by atoms with Crippen molar-refractivity contribution in [3.63, 3.8) is 0 Å². The number of halogens is 1. The van der Waals surface area contributed by atoms with Gasteiger partial charge in [0.05, 0.1) is 6.10 Å². The van der Waals surface area contributed by atoms with Gasteiger partial charge in [0.25, 0.3) is 0 Å². The van der Waals surface area contributed by atoms with Crippen molar-refractivity contribution in [1.29, 1.82) is 0 Å². The molecule has 1 aromatic rings. The van der Waals surface area contributed by atoms with Crippen LogP contribution < -0.4 is 5.32 Å². The van der Waals surface area contributed by atoms with Gasteiger partial charge in [-0.05, 0) is 37.6 Å². The van der Waals surface area contributed by atoms with E-state index < -0.39 is 0 Å². The monoisotopic (exact) mass is 266 g/mol. The van der Waals surface area contributed by atoms with Gasteiger partial charge in [-0.2, -0.15) is 0 Å². The molecule has 4 heteroatoms. The summed E-state index contributed by atoms with van der Waals surface area (Å²) in [6, 6.07) is 6.60. The summed E-state index contributed by atoms with van der Waals surface area (Å²) in [6.45, 7) is 6.86. The smallest absolute Gasteiger partial charge is 0.125 e. The Morgan fingerprint density at radius 3 is 3.05 bits per heavy atom. The van der Waals surface area contributed by atoms with Crippen LogP contribution in [0, 0.1) is 5.82 Å².